The molecule has 2 heteroatoms. The first-order valence-corrected chi connectivity index (χ1v) is 6.37. The molecule has 0 radical (unpaired) electrons. The highest BCUT2D eigenvalue weighted by atomic mass is 14.9. The highest BCUT2D eigenvalue weighted by molar-refractivity contribution is 4.70. The smallest absolute Gasteiger partial charge is 0.00670 e. The summed E-state index contributed by atoms with van der Waals surface area (Å²) >= 11 is 0. The maximum atomic E-state index is 5.45. The molecule has 0 unspecified atom stereocenters. The molecule has 0 amide bonds. The summed E-state index contributed by atoms with van der Waals surface area (Å²) in [5.74, 6) is 0. The van der Waals surface area contributed by atoms with Gasteiger partial charge in [0.1, 0.15) is 0 Å². The topological polar surface area (TPSA) is 38.0 Å². The second-order valence-corrected chi connectivity index (χ2v) is 4.49. The van der Waals surface area contributed by atoms with Crippen LogP contribution in [-0.4, -0.2) is 19.1 Å². The second-order valence-electron chi connectivity index (χ2n) is 4.49. The van der Waals surface area contributed by atoms with E-state index in [9.17, 15) is 0 Å². The Morgan fingerprint density at radius 3 is 2.29 bits per heavy atom. The van der Waals surface area contributed by atoms with Crippen LogP contribution in [0.5, 0.6) is 0 Å². The molecular formula is C12H26N2. The number of nitrogens with two attached hydrogens (primary N) is 1. The number of hydrogen-bond acceptors (Lipinski definition) is 2. The normalized spacial score (nSPS) is 19.5. The molecule has 3 N–H and O–H groups in total. The summed E-state index contributed by atoms with van der Waals surface area (Å²) in [7, 11) is 0. The van der Waals surface area contributed by atoms with E-state index < -0.39 is 0 Å². The van der Waals surface area contributed by atoms with Crippen molar-refractivity contribution in [2.24, 2.45) is 5.73 Å². The van der Waals surface area contributed by atoms with Crippen molar-refractivity contribution in [2.75, 3.05) is 13.1 Å². The predicted molar refractivity (Wildman–Crippen MR) is 62.4 cm³/mol. The summed E-state index contributed by atoms with van der Waals surface area (Å²) in [5, 5.41) is 3.68. The molecule has 0 heterocycles. The first-order valence-electron chi connectivity index (χ1n) is 6.37. The van der Waals surface area contributed by atoms with Crippen molar-refractivity contribution in [3.63, 3.8) is 0 Å². The highest BCUT2D eigenvalue weighted by Gasteiger charge is 2.10. The van der Waals surface area contributed by atoms with Gasteiger partial charge in [-0.3, -0.25) is 0 Å². The average Bonchev–Trinajstić information content (AvgIpc) is 2.46. The van der Waals surface area contributed by atoms with Crippen LogP contribution in [0, 0.1) is 0 Å². The van der Waals surface area contributed by atoms with Gasteiger partial charge < -0.3 is 11.1 Å². The van der Waals surface area contributed by atoms with E-state index in [2.05, 4.69) is 5.32 Å². The van der Waals surface area contributed by atoms with Crippen molar-refractivity contribution in [3.8, 4) is 0 Å². The van der Waals surface area contributed by atoms with Crippen LogP contribution in [0.2, 0.25) is 0 Å². The van der Waals surface area contributed by atoms with Crippen molar-refractivity contribution in [1.29, 1.82) is 0 Å². The van der Waals surface area contributed by atoms with Gasteiger partial charge in [0, 0.05) is 6.04 Å². The van der Waals surface area contributed by atoms with Gasteiger partial charge in [0.05, 0.1) is 0 Å². The number of unbranched alkanes of at least 4 members (excludes halogenated alkanes) is 2. The van der Waals surface area contributed by atoms with Gasteiger partial charge in [-0.1, -0.05) is 32.1 Å². The fraction of sp³-hybridized carbons (Fsp3) is 1.00. The Morgan fingerprint density at radius 2 is 1.64 bits per heavy atom. The Balaban J connectivity index is 1.93. The molecule has 1 aliphatic carbocycles. The molecule has 1 aliphatic rings. The van der Waals surface area contributed by atoms with Crippen LogP contribution in [-0.2, 0) is 0 Å². The zero-order chi connectivity index (χ0) is 10.1. The molecule has 0 saturated heterocycles. The van der Waals surface area contributed by atoms with Crippen LogP contribution in [0.15, 0.2) is 0 Å². The van der Waals surface area contributed by atoms with Gasteiger partial charge >= 0.3 is 0 Å². The van der Waals surface area contributed by atoms with E-state index in [1.807, 2.05) is 0 Å². The Bertz CT molecular complexity index is 117. The summed E-state index contributed by atoms with van der Waals surface area (Å²) in [5.41, 5.74) is 5.45. The van der Waals surface area contributed by atoms with Gasteiger partial charge in [0.25, 0.3) is 0 Å². The molecule has 1 fully saturated rings. The Labute approximate surface area is 88.6 Å². The Morgan fingerprint density at radius 1 is 0.929 bits per heavy atom. The summed E-state index contributed by atoms with van der Waals surface area (Å²) in [4.78, 5) is 0. The zero-order valence-corrected chi connectivity index (χ0v) is 9.43. The Hall–Kier alpha value is -0.0800. The van der Waals surface area contributed by atoms with E-state index in [1.165, 1.54) is 64.3 Å². The van der Waals surface area contributed by atoms with Crippen LogP contribution >= 0.6 is 0 Å². The quantitative estimate of drug-likeness (QED) is 0.508. The summed E-state index contributed by atoms with van der Waals surface area (Å²) in [6.07, 6.45) is 12.3. The van der Waals surface area contributed by atoms with Crippen molar-refractivity contribution in [3.05, 3.63) is 0 Å². The first-order chi connectivity index (χ1) is 6.93. The third-order valence-corrected chi connectivity index (χ3v) is 3.17. The van der Waals surface area contributed by atoms with E-state index in [0.29, 0.717) is 0 Å². The summed E-state index contributed by atoms with van der Waals surface area (Å²) in [6.45, 7) is 2.05. The number of hydrogen-bond donors (Lipinski definition) is 2. The molecule has 0 aliphatic heterocycles. The number of rotatable bonds is 6. The van der Waals surface area contributed by atoms with Crippen LogP contribution in [0.4, 0.5) is 0 Å². The van der Waals surface area contributed by atoms with E-state index >= 15 is 0 Å². The van der Waals surface area contributed by atoms with Crippen molar-refractivity contribution in [2.45, 2.75) is 63.8 Å². The molecule has 84 valence electrons. The fourth-order valence-electron chi connectivity index (χ4n) is 2.24. The van der Waals surface area contributed by atoms with E-state index in [1.54, 1.807) is 0 Å². The fourth-order valence-corrected chi connectivity index (χ4v) is 2.24. The van der Waals surface area contributed by atoms with E-state index in [4.69, 9.17) is 5.73 Å². The minimum absolute atomic E-state index is 0.815. The highest BCUT2D eigenvalue weighted by Crippen LogP contribution is 2.17. The lowest BCUT2D eigenvalue weighted by atomic mass is 10.1. The minimum Gasteiger partial charge on any atom is -0.330 e. The lowest BCUT2D eigenvalue weighted by molar-refractivity contribution is 0.450. The molecule has 0 spiro atoms. The van der Waals surface area contributed by atoms with Crippen LogP contribution < -0.4 is 11.1 Å². The van der Waals surface area contributed by atoms with E-state index in [-0.39, 0.29) is 0 Å². The van der Waals surface area contributed by atoms with Crippen molar-refractivity contribution in [1.82, 2.24) is 5.32 Å². The molecule has 1 saturated carbocycles. The molecule has 2 nitrogen and oxygen atoms in total. The van der Waals surface area contributed by atoms with Gasteiger partial charge in [0.15, 0.2) is 0 Å². The molecule has 0 aromatic rings. The lowest BCUT2D eigenvalue weighted by Gasteiger charge is -2.15. The third-order valence-electron chi connectivity index (χ3n) is 3.17. The molecule has 14 heavy (non-hydrogen) atoms. The number of nitrogens with one attached hydrogen (secondary N) is 1. The molecular weight excluding hydrogens is 172 g/mol. The van der Waals surface area contributed by atoms with E-state index in [0.717, 1.165) is 12.6 Å². The monoisotopic (exact) mass is 198 g/mol. The summed E-state index contributed by atoms with van der Waals surface area (Å²) in [6, 6.07) is 0.815. The maximum absolute atomic E-state index is 5.45. The SMILES string of the molecule is NCCCCCNC1CCCCCC1. The second kappa shape index (κ2) is 8.25. The van der Waals surface area contributed by atoms with Crippen LogP contribution in [0.25, 0.3) is 0 Å². The lowest BCUT2D eigenvalue weighted by Crippen LogP contribution is -2.29. The standard InChI is InChI=1S/C12H26N2/c13-10-6-3-7-11-14-12-8-4-1-2-5-9-12/h12,14H,1-11,13H2. The zero-order valence-electron chi connectivity index (χ0n) is 9.43. The van der Waals surface area contributed by atoms with Crippen LogP contribution in [0.1, 0.15) is 57.8 Å². The van der Waals surface area contributed by atoms with Gasteiger partial charge in [-0.2, -0.15) is 0 Å². The van der Waals surface area contributed by atoms with Gasteiger partial charge in [0.2, 0.25) is 0 Å². The first kappa shape index (κ1) is 12.0. The molecule has 0 atom stereocenters. The minimum atomic E-state index is 0.815. The van der Waals surface area contributed by atoms with Gasteiger partial charge in [-0.15, -0.1) is 0 Å². The van der Waals surface area contributed by atoms with Gasteiger partial charge in [-0.05, 0) is 38.8 Å². The van der Waals surface area contributed by atoms with Crippen LogP contribution in [0.3, 0.4) is 0 Å². The predicted octanol–water partition coefficient (Wildman–Crippen LogP) is 2.43. The third kappa shape index (κ3) is 5.61. The molecule has 0 bridgehead atoms. The molecule has 0 aromatic carbocycles. The van der Waals surface area contributed by atoms with Crippen molar-refractivity contribution >= 4 is 0 Å². The largest absolute Gasteiger partial charge is 0.330 e. The Kier molecular flexibility index (Phi) is 7.06. The van der Waals surface area contributed by atoms with Crippen molar-refractivity contribution < 1.29 is 0 Å². The average molecular weight is 198 g/mol. The molecule has 0 aromatic heterocycles. The summed E-state index contributed by atoms with van der Waals surface area (Å²) < 4.78 is 0. The molecule has 1 rings (SSSR count). The maximum Gasteiger partial charge on any atom is 0.00670 e. The van der Waals surface area contributed by atoms with Gasteiger partial charge in [-0.25, -0.2) is 0 Å².